The molecule has 4 heteroatoms. The number of hydrogen-bond donors (Lipinski definition) is 1. The van der Waals surface area contributed by atoms with Crippen LogP contribution < -0.4 is 15.2 Å². The lowest BCUT2D eigenvalue weighted by atomic mass is 9.98. The molecule has 0 unspecified atom stereocenters. The van der Waals surface area contributed by atoms with Gasteiger partial charge in [0.05, 0.1) is 13.7 Å². The van der Waals surface area contributed by atoms with E-state index >= 15 is 0 Å². The van der Waals surface area contributed by atoms with E-state index in [4.69, 9.17) is 15.2 Å². The summed E-state index contributed by atoms with van der Waals surface area (Å²) < 4.78 is 10.8. The van der Waals surface area contributed by atoms with Crippen molar-refractivity contribution in [2.45, 2.75) is 39.7 Å². The lowest BCUT2D eigenvalue weighted by Crippen LogP contribution is -2.11. The number of rotatable bonds is 7. The molecule has 0 spiro atoms. The Morgan fingerprint density at radius 1 is 1.16 bits per heavy atom. The van der Waals surface area contributed by atoms with Crippen LogP contribution in [0.15, 0.2) is 18.2 Å². The maximum Gasteiger partial charge on any atom is 0.161 e. The highest BCUT2D eigenvalue weighted by Gasteiger charge is 2.11. The molecule has 0 aliphatic rings. The molecule has 1 aromatic carbocycles. The first-order valence-electron chi connectivity index (χ1n) is 6.64. The molecule has 0 radical (unpaired) electrons. The molecule has 1 rings (SSSR count). The summed E-state index contributed by atoms with van der Waals surface area (Å²) >= 11 is 0. The van der Waals surface area contributed by atoms with Crippen LogP contribution in [0.4, 0.5) is 0 Å². The molecule has 0 heterocycles. The Balaban J connectivity index is 0.00000324. The fourth-order valence-electron chi connectivity index (χ4n) is 1.87. The van der Waals surface area contributed by atoms with Gasteiger partial charge in [-0.25, -0.2) is 0 Å². The topological polar surface area (TPSA) is 44.5 Å². The number of benzene rings is 1. The molecular weight excluding hydrogens is 262 g/mol. The molecule has 0 fully saturated rings. The highest BCUT2D eigenvalue weighted by Crippen LogP contribution is 2.31. The van der Waals surface area contributed by atoms with Gasteiger partial charge in [0.1, 0.15) is 0 Å². The molecule has 0 aromatic heterocycles. The monoisotopic (exact) mass is 287 g/mol. The van der Waals surface area contributed by atoms with Crippen molar-refractivity contribution in [1.82, 2.24) is 0 Å². The molecule has 110 valence electrons. The summed E-state index contributed by atoms with van der Waals surface area (Å²) in [5.74, 6) is 2.22. The summed E-state index contributed by atoms with van der Waals surface area (Å²) in [4.78, 5) is 0. The minimum atomic E-state index is 0. The van der Waals surface area contributed by atoms with Gasteiger partial charge in [0, 0.05) is 6.04 Å². The minimum absolute atomic E-state index is 0. The third-order valence-corrected chi connectivity index (χ3v) is 2.97. The maximum atomic E-state index is 6.20. The summed E-state index contributed by atoms with van der Waals surface area (Å²) in [6, 6.07) is 6.01. The molecule has 2 N–H and O–H groups in total. The average Bonchev–Trinajstić information content (AvgIpc) is 2.36. The SMILES string of the molecule is CCOc1cc([C@H](N)CCC(C)C)ccc1OC.Cl. The molecule has 0 bridgehead atoms. The van der Waals surface area contributed by atoms with Crippen LogP contribution >= 0.6 is 12.4 Å². The van der Waals surface area contributed by atoms with Crippen molar-refractivity contribution in [3.05, 3.63) is 23.8 Å². The second-order valence-corrected chi connectivity index (χ2v) is 4.92. The fourth-order valence-corrected chi connectivity index (χ4v) is 1.87. The standard InChI is InChI=1S/C15H25NO2.ClH/c1-5-18-15-10-12(7-9-14(15)17-4)13(16)8-6-11(2)3;/h7,9-11,13H,5-6,8,16H2,1-4H3;1H/t13-;/m1./s1. The van der Waals surface area contributed by atoms with Gasteiger partial charge in [0.15, 0.2) is 11.5 Å². The van der Waals surface area contributed by atoms with Crippen molar-refractivity contribution in [2.75, 3.05) is 13.7 Å². The number of ether oxygens (including phenoxy) is 2. The molecule has 3 nitrogen and oxygen atoms in total. The van der Waals surface area contributed by atoms with Crippen LogP contribution in [0.1, 0.15) is 45.2 Å². The Labute approximate surface area is 122 Å². The Morgan fingerprint density at radius 2 is 1.84 bits per heavy atom. The summed E-state index contributed by atoms with van der Waals surface area (Å²) in [5.41, 5.74) is 7.31. The normalized spacial score (nSPS) is 11.9. The Kier molecular flexibility index (Phi) is 8.61. The Morgan fingerprint density at radius 3 is 2.37 bits per heavy atom. The van der Waals surface area contributed by atoms with Crippen LogP contribution in [-0.2, 0) is 0 Å². The highest BCUT2D eigenvalue weighted by molar-refractivity contribution is 5.85. The van der Waals surface area contributed by atoms with E-state index in [1.165, 1.54) is 0 Å². The number of methoxy groups -OCH3 is 1. The zero-order valence-electron chi connectivity index (χ0n) is 12.3. The van der Waals surface area contributed by atoms with Crippen molar-refractivity contribution < 1.29 is 9.47 Å². The third-order valence-electron chi connectivity index (χ3n) is 2.97. The summed E-state index contributed by atoms with van der Waals surface area (Å²) in [7, 11) is 1.65. The lowest BCUT2D eigenvalue weighted by Gasteiger charge is -2.16. The highest BCUT2D eigenvalue weighted by atomic mass is 35.5. The Hall–Kier alpha value is -0.930. The van der Waals surface area contributed by atoms with Gasteiger partial charge in [-0.1, -0.05) is 19.9 Å². The van der Waals surface area contributed by atoms with Crippen LogP contribution in [0.2, 0.25) is 0 Å². The third kappa shape index (κ3) is 5.70. The van der Waals surface area contributed by atoms with Crippen LogP contribution in [0, 0.1) is 5.92 Å². The molecule has 0 saturated carbocycles. The first kappa shape index (κ1) is 18.1. The van der Waals surface area contributed by atoms with Gasteiger partial charge in [-0.15, -0.1) is 12.4 Å². The van der Waals surface area contributed by atoms with Crippen molar-refractivity contribution in [3.8, 4) is 11.5 Å². The summed E-state index contributed by atoms with van der Waals surface area (Å²) in [6.07, 6.45) is 2.13. The number of halogens is 1. The smallest absolute Gasteiger partial charge is 0.161 e. The largest absolute Gasteiger partial charge is 0.493 e. The van der Waals surface area contributed by atoms with Crippen LogP contribution in [0.3, 0.4) is 0 Å². The van der Waals surface area contributed by atoms with Crippen molar-refractivity contribution >= 4 is 12.4 Å². The molecule has 1 atom stereocenters. The number of nitrogens with two attached hydrogens (primary N) is 1. The fraction of sp³-hybridized carbons (Fsp3) is 0.600. The van der Waals surface area contributed by atoms with Gasteiger partial charge in [0.25, 0.3) is 0 Å². The quantitative estimate of drug-likeness (QED) is 0.826. The summed E-state index contributed by atoms with van der Waals surface area (Å²) in [6.45, 7) is 7.02. The van der Waals surface area contributed by atoms with Crippen LogP contribution in [0.25, 0.3) is 0 Å². The first-order chi connectivity index (χ1) is 8.58. The van der Waals surface area contributed by atoms with Gasteiger partial charge in [0.2, 0.25) is 0 Å². The molecule has 0 saturated heterocycles. The van der Waals surface area contributed by atoms with E-state index in [9.17, 15) is 0 Å². The van der Waals surface area contributed by atoms with Crippen LogP contribution in [0.5, 0.6) is 11.5 Å². The molecule has 0 aliphatic carbocycles. The van der Waals surface area contributed by atoms with Gasteiger partial charge < -0.3 is 15.2 Å². The number of hydrogen-bond acceptors (Lipinski definition) is 3. The van der Waals surface area contributed by atoms with E-state index in [2.05, 4.69) is 13.8 Å². The van der Waals surface area contributed by atoms with Gasteiger partial charge in [-0.2, -0.15) is 0 Å². The van der Waals surface area contributed by atoms with E-state index in [0.717, 1.165) is 29.9 Å². The van der Waals surface area contributed by atoms with E-state index in [-0.39, 0.29) is 18.4 Å². The second kappa shape index (κ2) is 9.05. The van der Waals surface area contributed by atoms with Crippen molar-refractivity contribution in [1.29, 1.82) is 0 Å². The average molecular weight is 288 g/mol. The molecule has 0 aliphatic heterocycles. The van der Waals surface area contributed by atoms with E-state index in [1.54, 1.807) is 7.11 Å². The molecule has 0 amide bonds. The minimum Gasteiger partial charge on any atom is -0.493 e. The van der Waals surface area contributed by atoms with E-state index in [0.29, 0.717) is 12.5 Å². The molecular formula is C15H26ClNO2. The van der Waals surface area contributed by atoms with Gasteiger partial charge >= 0.3 is 0 Å². The van der Waals surface area contributed by atoms with E-state index in [1.807, 2.05) is 25.1 Å². The summed E-state index contributed by atoms with van der Waals surface area (Å²) in [5, 5.41) is 0. The predicted molar refractivity (Wildman–Crippen MR) is 82.4 cm³/mol. The van der Waals surface area contributed by atoms with E-state index < -0.39 is 0 Å². The zero-order valence-corrected chi connectivity index (χ0v) is 13.1. The first-order valence-corrected chi connectivity index (χ1v) is 6.64. The second-order valence-electron chi connectivity index (χ2n) is 4.92. The zero-order chi connectivity index (χ0) is 13.5. The molecule has 19 heavy (non-hydrogen) atoms. The van der Waals surface area contributed by atoms with Gasteiger partial charge in [-0.05, 0) is 43.4 Å². The van der Waals surface area contributed by atoms with Crippen LogP contribution in [-0.4, -0.2) is 13.7 Å². The molecule has 1 aromatic rings. The van der Waals surface area contributed by atoms with Crippen molar-refractivity contribution in [2.24, 2.45) is 11.7 Å². The predicted octanol–water partition coefficient (Wildman–Crippen LogP) is 3.95. The maximum absolute atomic E-state index is 6.20. The Bertz CT molecular complexity index is 369. The van der Waals surface area contributed by atoms with Crippen molar-refractivity contribution in [3.63, 3.8) is 0 Å². The lowest BCUT2D eigenvalue weighted by molar-refractivity contribution is 0.310. The van der Waals surface area contributed by atoms with Gasteiger partial charge in [-0.3, -0.25) is 0 Å².